The smallest absolute Gasteiger partial charge is 0.00922 e. The Kier molecular flexibility index (Phi) is 7.23. The van der Waals surface area contributed by atoms with Crippen molar-refractivity contribution in [1.82, 2.24) is 10.2 Å². The summed E-state index contributed by atoms with van der Waals surface area (Å²) in [6, 6.07) is 0.882. The minimum Gasteiger partial charge on any atom is -0.316 e. The summed E-state index contributed by atoms with van der Waals surface area (Å²) < 4.78 is 0. The Bertz CT molecular complexity index is 217. The SMILES string of the molecule is CN(CCCNCC1CCCCC1)C1CCCCC1. The molecule has 0 bridgehead atoms. The third-order valence-electron chi connectivity index (χ3n) is 5.22. The molecule has 0 aromatic carbocycles. The number of nitrogens with zero attached hydrogens (tertiary/aromatic N) is 1. The molecule has 0 atom stereocenters. The van der Waals surface area contributed by atoms with Gasteiger partial charge in [-0.25, -0.2) is 0 Å². The molecule has 2 aliphatic rings. The first kappa shape index (κ1) is 15.3. The lowest BCUT2D eigenvalue weighted by atomic mass is 9.89. The van der Waals surface area contributed by atoms with Crippen LogP contribution in [-0.2, 0) is 0 Å². The predicted octanol–water partition coefficient (Wildman–Crippen LogP) is 3.81. The molecule has 1 N–H and O–H groups in total. The number of nitrogens with one attached hydrogen (secondary N) is 1. The lowest BCUT2D eigenvalue weighted by Gasteiger charge is -2.31. The quantitative estimate of drug-likeness (QED) is 0.705. The largest absolute Gasteiger partial charge is 0.316 e. The molecule has 2 nitrogen and oxygen atoms in total. The predicted molar refractivity (Wildman–Crippen MR) is 83.6 cm³/mol. The number of hydrogen-bond donors (Lipinski definition) is 1. The van der Waals surface area contributed by atoms with Gasteiger partial charge in [-0.05, 0) is 64.7 Å². The fraction of sp³-hybridized carbons (Fsp3) is 1.00. The zero-order valence-electron chi connectivity index (χ0n) is 13.0. The Morgan fingerprint density at radius 3 is 2.21 bits per heavy atom. The summed E-state index contributed by atoms with van der Waals surface area (Å²) in [6.45, 7) is 3.77. The topological polar surface area (TPSA) is 15.3 Å². The first-order valence-electron chi connectivity index (χ1n) is 8.77. The molecule has 0 aromatic rings. The van der Waals surface area contributed by atoms with Gasteiger partial charge < -0.3 is 10.2 Å². The third-order valence-corrected chi connectivity index (χ3v) is 5.22. The minimum absolute atomic E-state index is 0.882. The molecule has 2 fully saturated rings. The molecule has 2 rings (SSSR count). The highest BCUT2D eigenvalue weighted by Gasteiger charge is 2.17. The summed E-state index contributed by atoms with van der Waals surface area (Å²) in [5.41, 5.74) is 0. The molecule has 112 valence electrons. The summed E-state index contributed by atoms with van der Waals surface area (Å²) in [5, 5.41) is 3.69. The van der Waals surface area contributed by atoms with E-state index in [1.807, 2.05) is 0 Å². The van der Waals surface area contributed by atoms with Gasteiger partial charge in [-0.2, -0.15) is 0 Å². The average molecular weight is 266 g/mol. The van der Waals surface area contributed by atoms with Crippen molar-refractivity contribution in [2.45, 2.75) is 76.7 Å². The third kappa shape index (κ3) is 5.83. The van der Waals surface area contributed by atoms with E-state index in [0.717, 1.165) is 12.0 Å². The van der Waals surface area contributed by atoms with E-state index in [-0.39, 0.29) is 0 Å². The van der Waals surface area contributed by atoms with Gasteiger partial charge in [0.25, 0.3) is 0 Å². The van der Waals surface area contributed by atoms with Gasteiger partial charge in [0.2, 0.25) is 0 Å². The molecule has 2 aliphatic carbocycles. The maximum absolute atomic E-state index is 3.69. The van der Waals surface area contributed by atoms with Crippen molar-refractivity contribution in [3.8, 4) is 0 Å². The molecule has 0 aromatic heterocycles. The van der Waals surface area contributed by atoms with Crippen LogP contribution in [0.4, 0.5) is 0 Å². The van der Waals surface area contributed by atoms with E-state index in [4.69, 9.17) is 0 Å². The maximum atomic E-state index is 3.69. The monoisotopic (exact) mass is 266 g/mol. The molecule has 2 saturated carbocycles. The number of rotatable bonds is 7. The van der Waals surface area contributed by atoms with E-state index in [2.05, 4.69) is 17.3 Å². The normalized spacial score (nSPS) is 23.1. The van der Waals surface area contributed by atoms with Crippen molar-refractivity contribution in [3.05, 3.63) is 0 Å². The Balaban J connectivity index is 1.46. The van der Waals surface area contributed by atoms with Crippen molar-refractivity contribution < 1.29 is 0 Å². The van der Waals surface area contributed by atoms with Crippen LogP contribution in [0.2, 0.25) is 0 Å². The maximum Gasteiger partial charge on any atom is 0.00922 e. The highest BCUT2D eigenvalue weighted by atomic mass is 15.1. The van der Waals surface area contributed by atoms with Crippen molar-refractivity contribution >= 4 is 0 Å². The van der Waals surface area contributed by atoms with Crippen LogP contribution in [0, 0.1) is 5.92 Å². The van der Waals surface area contributed by atoms with Gasteiger partial charge in [0.05, 0.1) is 0 Å². The summed E-state index contributed by atoms with van der Waals surface area (Å²) in [6.07, 6.45) is 15.9. The molecule has 0 amide bonds. The van der Waals surface area contributed by atoms with Crippen LogP contribution in [0.3, 0.4) is 0 Å². The Hall–Kier alpha value is -0.0800. The fourth-order valence-corrected chi connectivity index (χ4v) is 3.86. The standard InChI is InChI=1S/C17H34N2/c1-19(17-11-6-3-7-12-17)14-8-13-18-15-16-9-4-2-5-10-16/h16-18H,2-15H2,1H3. The van der Waals surface area contributed by atoms with Crippen LogP contribution in [0.15, 0.2) is 0 Å². The molecule has 19 heavy (non-hydrogen) atoms. The summed E-state index contributed by atoms with van der Waals surface area (Å²) in [4.78, 5) is 2.61. The lowest BCUT2D eigenvalue weighted by Crippen LogP contribution is -2.35. The van der Waals surface area contributed by atoms with Crippen LogP contribution >= 0.6 is 0 Å². The summed E-state index contributed by atoms with van der Waals surface area (Å²) in [5.74, 6) is 0.977. The van der Waals surface area contributed by atoms with Gasteiger partial charge >= 0.3 is 0 Å². The summed E-state index contributed by atoms with van der Waals surface area (Å²) >= 11 is 0. The van der Waals surface area contributed by atoms with E-state index >= 15 is 0 Å². The van der Waals surface area contributed by atoms with Crippen molar-refractivity contribution in [3.63, 3.8) is 0 Å². The van der Waals surface area contributed by atoms with Gasteiger partial charge in [-0.15, -0.1) is 0 Å². The lowest BCUT2D eigenvalue weighted by molar-refractivity contribution is 0.189. The first-order valence-corrected chi connectivity index (χ1v) is 8.77. The van der Waals surface area contributed by atoms with Crippen LogP contribution in [0.1, 0.15) is 70.6 Å². The zero-order chi connectivity index (χ0) is 13.3. The summed E-state index contributed by atoms with van der Waals surface area (Å²) in [7, 11) is 2.33. The van der Waals surface area contributed by atoms with E-state index < -0.39 is 0 Å². The second-order valence-corrected chi connectivity index (χ2v) is 6.83. The molecule has 0 radical (unpaired) electrons. The molecular weight excluding hydrogens is 232 g/mol. The van der Waals surface area contributed by atoms with E-state index in [9.17, 15) is 0 Å². The van der Waals surface area contributed by atoms with Crippen LogP contribution in [0.25, 0.3) is 0 Å². The molecule has 0 saturated heterocycles. The van der Waals surface area contributed by atoms with Gasteiger partial charge in [0, 0.05) is 6.04 Å². The second kappa shape index (κ2) is 8.97. The zero-order valence-corrected chi connectivity index (χ0v) is 13.0. The molecular formula is C17H34N2. The average Bonchev–Trinajstić information content (AvgIpc) is 2.49. The molecule has 0 unspecified atom stereocenters. The van der Waals surface area contributed by atoms with E-state index in [1.165, 1.54) is 90.3 Å². The molecule has 0 heterocycles. The molecule has 2 heteroatoms. The Labute approximate surface area is 120 Å². The number of hydrogen-bond acceptors (Lipinski definition) is 2. The Morgan fingerprint density at radius 2 is 1.53 bits per heavy atom. The Morgan fingerprint density at radius 1 is 0.895 bits per heavy atom. The van der Waals surface area contributed by atoms with E-state index in [0.29, 0.717) is 0 Å². The van der Waals surface area contributed by atoms with Gasteiger partial charge in [-0.1, -0.05) is 38.5 Å². The van der Waals surface area contributed by atoms with E-state index in [1.54, 1.807) is 0 Å². The second-order valence-electron chi connectivity index (χ2n) is 6.83. The van der Waals surface area contributed by atoms with Crippen LogP contribution in [0.5, 0.6) is 0 Å². The van der Waals surface area contributed by atoms with Crippen molar-refractivity contribution in [1.29, 1.82) is 0 Å². The first-order chi connectivity index (χ1) is 9.36. The fourth-order valence-electron chi connectivity index (χ4n) is 3.86. The van der Waals surface area contributed by atoms with Gasteiger partial charge in [-0.3, -0.25) is 0 Å². The van der Waals surface area contributed by atoms with Gasteiger partial charge in [0.1, 0.15) is 0 Å². The van der Waals surface area contributed by atoms with Gasteiger partial charge in [0.15, 0.2) is 0 Å². The van der Waals surface area contributed by atoms with Crippen LogP contribution in [-0.4, -0.2) is 37.6 Å². The van der Waals surface area contributed by atoms with Crippen molar-refractivity contribution in [2.24, 2.45) is 5.92 Å². The van der Waals surface area contributed by atoms with Crippen LogP contribution < -0.4 is 5.32 Å². The highest BCUT2D eigenvalue weighted by molar-refractivity contribution is 4.74. The highest BCUT2D eigenvalue weighted by Crippen LogP contribution is 2.23. The van der Waals surface area contributed by atoms with Crippen molar-refractivity contribution in [2.75, 3.05) is 26.7 Å². The molecule has 0 aliphatic heterocycles. The minimum atomic E-state index is 0.882. The molecule has 0 spiro atoms.